The second kappa shape index (κ2) is 11.9. The van der Waals surface area contributed by atoms with E-state index in [2.05, 4.69) is 115 Å². The van der Waals surface area contributed by atoms with Gasteiger partial charge in [-0.1, -0.05) is 152 Å². The molecular weight excluding hydrogens is 623 g/mol. The van der Waals surface area contributed by atoms with Gasteiger partial charge in [0.2, 0.25) is 0 Å². The van der Waals surface area contributed by atoms with Gasteiger partial charge in [0.25, 0.3) is 0 Å². The minimum absolute atomic E-state index is 0.585. The second-order valence-corrected chi connectivity index (χ2v) is 12.8. The molecule has 0 amide bonds. The minimum Gasteiger partial charge on any atom is -0.456 e. The highest BCUT2D eigenvalue weighted by Gasteiger charge is 2.21. The molecule has 8 aromatic carbocycles. The number of nitrogens with zero attached hydrogens (tertiary/aromatic N) is 3. The lowest BCUT2D eigenvalue weighted by atomic mass is 9.89. The normalized spacial score (nSPS) is 11.5. The minimum atomic E-state index is 0.585. The van der Waals surface area contributed by atoms with Gasteiger partial charge < -0.3 is 4.42 Å². The Morgan fingerprint density at radius 1 is 0.314 bits per heavy atom. The average molecular weight is 652 g/mol. The predicted octanol–water partition coefficient (Wildman–Crippen LogP) is 12.4. The molecule has 0 bridgehead atoms. The van der Waals surface area contributed by atoms with Gasteiger partial charge in [-0.15, -0.1) is 0 Å². The first-order chi connectivity index (χ1) is 25.3. The van der Waals surface area contributed by atoms with Crippen molar-refractivity contribution < 1.29 is 4.42 Å². The number of benzene rings is 8. The van der Waals surface area contributed by atoms with Crippen molar-refractivity contribution in [3.05, 3.63) is 176 Å². The second-order valence-electron chi connectivity index (χ2n) is 12.8. The monoisotopic (exact) mass is 651 g/mol. The zero-order valence-electron chi connectivity index (χ0n) is 27.5. The molecule has 4 heteroatoms. The third-order valence-corrected chi connectivity index (χ3v) is 9.70. The summed E-state index contributed by atoms with van der Waals surface area (Å²) >= 11 is 0. The van der Waals surface area contributed by atoms with Gasteiger partial charge in [-0.25, -0.2) is 15.0 Å². The van der Waals surface area contributed by atoms with E-state index in [0.29, 0.717) is 17.5 Å². The predicted molar refractivity (Wildman–Crippen MR) is 209 cm³/mol. The van der Waals surface area contributed by atoms with Crippen molar-refractivity contribution in [2.45, 2.75) is 0 Å². The largest absolute Gasteiger partial charge is 0.456 e. The van der Waals surface area contributed by atoms with Gasteiger partial charge in [-0.3, -0.25) is 0 Å². The van der Waals surface area contributed by atoms with Crippen LogP contribution in [0.15, 0.2) is 180 Å². The van der Waals surface area contributed by atoms with Crippen LogP contribution in [0.2, 0.25) is 0 Å². The van der Waals surface area contributed by atoms with Crippen molar-refractivity contribution in [3.8, 4) is 56.4 Å². The van der Waals surface area contributed by atoms with E-state index in [-0.39, 0.29) is 0 Å². The van der Waals surface area contributed by atoms with Crippen molar-refractivity contribution in [2.75, 3.05) is 0 Å². The summed E-state index contributed by atoms with van der Waals surface area (Å²) in [5.74, 6) is 1.82. The molecule has 0 spiro atoms. The lowest BCUT2D eigenvalue weighted by Gasteiger charge is -2.14. The first kappa shape index (κ1) is 29.0. The van der Waals surface area contributed by atoms with Crippen LogP contribution in [-0.4, -0.2) is 15.0 Å². The fraction of sp³-hybridized carbons (Fsp3) is 0. The Labute approximate surface area is 294 Å². The molecule has 2 heterocycles. The Hall–Kier alpha value is -6.91. The molecule has 238 valence electrons. The zero-order chi connectivity index (χ0) is 33.7. The topological polar surface area (TPSA) is 51.8 Å². The molecule has 0 unspecified atom stereocenters. The van der Waals surface area contributed by atoms with Gasteiger partial charge >= 0.3 is 0 Å². The standard InChI is InChI=1S/C47H29N3O/c1-4-14-30(15-5-1)36-24-25-39(38-23-13-12-22-37(36)38)40-27-35(29-43-44(40)41-26-33-20-10-11-21-34(33)28-42(41)51-43)47-49-45(31-16-6-2-7-17-31)48-46(50-47)32-18-8-3-9-19-32/h1-29H. The van der Waals surface area contributed by atoms with Crippen LogP contribution in [-0.2, 0) is 0 Å². The molecule has 0 N–H and O–H groups in total. The fourth-order valence-electron chi connectivity index (χ4n) is 7.27. The highest BCUT2D eigenvalue weighted by molar-refractivity contribution is 6.19. The van der Waals surface area contributed by atoms with E-state index in [1.807, 2.05) is 60.7 Å². The third-order valence-electron chi connectivity index (χ3n) is 9.70. The number of hydrogen-bond acceptors (Lipinski definition) is 4. The first-order valence-corrected chi connectivity index (χ1v) is 17.1. The van der Waals surface area contributed by atoms with Gasteiger partial charge in [0, 0.05) is 27.5 Å². The van der Waals surface area contributed by atoms with Crippen molar-refractivity contribution in [1.82, 2.24) is 15.0 Å². The number of furan rings is 1. The van der Waals surface area contributed by atoms with Crippen LogP contribution in [0.25, 0.3) is 99.9 Å². The molecule has 0 fully saturated rings. The lowest BCUT2D eigenvalue weighted by Crippen LogP contribution is -2.00. The van der Waals surface area contributed by atoms with Crippen molar-refractivity contribution in [1.29, 1.82) is 0 Å². The van der Waals surface area contributed by atoms with Crippen LogP contribution in [0, 0.1) is 0 Å². The summed E-state index contributed by atoms with van der Waals surface area (Å²) in [5.41, 5.74) is 8.91. The molecule has 0 atom stereocenters. The first-order valence-electron chi connectivity index (χ1n) is 17.1. The maximum Gasteiger partial charge on any atom is 0.164 e. The molecule has 0 aliphatic heterocycles. The molecule has 2 aromatic heterocycles. The van der Waals surface area contributed by atoms with Crippen LogP contribution in [0.4, 0.5) is 0 Å². The van der Waals surface area contributed by atoms with Crippen LogP contribution in [0.5, 0.6) is 0 Å². The van der Waals surface area contributed by atoms with E-state index in [1.165, 1.54) is 21.9 Å². The maximum atomic E-state index is 6.75. The van der Waals surface area contributed by atoms with Crippen molar-refractivity contribution in [3.63, 3.8) is 0 Å². The van der Waals surface area contributed by atoms with E-state index >= 15 is 0 Å². The Morgan fingerprint density at radius 3 is 1.43 bits per heavy atom. The summed E-state index contributed by atoms with van der Waals surface area (Å²) in [6.45, 7) is 0. The Balaban J connectivity index is 1.28. The SMILES string of the molecule is c1ccc(-c2nc(-c3ccccc3)nc(-c3cc(-c4ccc(-c5ccccc5)c5ccccc45)c4c(c3)oc3cc5ccccc5cc34)n2)cc1. The van der Waals surface area contributed by atoms with E-state index in [1.54, 1.807) is 0 Å². The number of fused-ring (bicyclic) bond motifs is 5. The summed E-state index contributed by atoms with van der Waals surface area (Å²) < 4.78 is 6.75. The van der Waals surface area contributed by atoms with Gasteiger partial charge in [-0.05, 0) is 68.1 Å². The molecule has 0 aliphatic carbocycles. The summed E-state index contributed by atoms with van der Waals surface area (Å²) in [6, 6.07) is 61.1. The van der Waals surface area contributed by atoms with Crippen LogP contribution in [0.3, 0.4) is 0 Å². The average Bonchev–Trinajstić information content (AvgIpc) is 3.57. The molecule has 10 rings (SSSR count). The summed E-state index contributed by atoms with van der Waals surface area (Å²) in [4.78, 5) is 15.1. The molecule has 0 saturated heterocycles. The van der Waals surface area contributed by atoms with Crippen LogP contribution < -0.4 is 0 Å². The van der Waals surface area contributed by atoms with E-state index in [4.69, 9.17) is 19.4 Å². The molecule has 0 aliphatic rings. The van der Waals surface area contributed by atoms with Gasteiger partial charge in [0.05, 0.1) is 0 Å². The Bertz CT molecular complexity index is 2840. The smallest absolute Gasteiger partial charge is 0.164 e. The number of aromatic nitrogens is 3. The highest BCUT2D eigenvalue weighted by Crippen LogP contribution is 2.44. The molecule has 0 radical (unpaired) electrons. The highest BCUT2D eigenvalue weighted by atomic mass is 16.3. The Kier molecular flexibility index (Phi) is 6.78. The molecular formula is C47H29N3O. The van der Waals surface area contributed by atoms with Crippen LogP contribution >= 0.6 is 0 Å². The molecule has 51 heavy (non-hydrogen) atoms. The zero-order valence-corrected chi connectivity index (χ0v) is 27.5. The van der Waals surface area contributed by atoms with Gasteiger partial charge in [-0.2, -0.15) is 0 Å². The summed E-state index contributed by atoms with van der Waals surface area (Å²) in [7, 11) is 0. The summed E-state index contributed by atoms with van der Waals surface area (Å²) in [5, 5.41) is 6.81. The van der Waals surface area contributed by atoms with Gasteiger partial charge in [0.15, 0.2) is 17.5 Å². The van der Waals surface area contributed by atoms with E-state index < -0.39 is 0 Å². The van der Waals surface area contributed by atoms with E-state index in [9.17, 15) is 0 Å². The molecule has 0 saturated carbocycles. The third kappa shape index (κ3) is 5.04. The summed E-state index contributed by atoms with van der Waals surface area (Å²) in [6.07, 6.45) is 0. The Morgan fingerprint density at radius 2 is 0.804 bits per heavy atom. The fourth-order valence-corrected chi connectivity index (χ4v) is 7.27. The van der Waals surface area contributed by atoms with Crippen molar-refractivity contribution >= 4 is 43.5 Å². The van der Waals surface area contributed by atoms with Crippen LogP contribution in [0.1, 0.15) is 0 Å². The number of hydrogen-bond donors (Lipinski definition) is 0. The van der Waals surface area contributed by atoms with Crippen molar-refractivity contribution in [2.24, 2.45) is 0 Å². The molecule has 4 nitrogen and oxygen atoms in total. The van der Waals surface area contributed by atoms with E-state index in [0.717, 1.165) is 60.5 Å². The quantitative estimate of drug-likeness (QED) is 0.186. The molecule has 10 aromatic rings. The van der Waals surface area contributed by atoms with Gasteiger partial charge in [0.1, 0.15) is 11.2 Å². The number of rotatable bonds is 5. The lowest BCUT2D eigenvalue weighted by molar-refractivity contribution is 0.669. The maximum absolute atomic E-state index is 6.75.